The molecule has 1 saturated heterocycles. The first-order valence-electron chi connectivity index (χ1n) is 8.78. The second kappa shape index (κ2) is 7.39. The lowest BCUT2D eigenvalue weighted by Gasteiger charge is -2.25. The third-order valence-corrected chi connectivity index (χ3v) is 5.94. The molecule has 1 fully saturated rings. The first-order chi connectivity index (χ1) is 13.9. The molecule has 1 aliphatic heterocycles. The molecule has 1 atom stereocenters. The molecule has 2 aromatic carbocycles. The summed E-state index contributed by atoms with van der Waals surface area (Å²) < 4.78 is 0. The molecule has 0 radical (unpaired) electrons. The maximum atomic E-state index is 13.0. The highest BCUT2D eigenvalue weighted by Gasteiger charge is 2.48. The van der Waals surface area contributed by atoms with Gasteiger partial charge in [-0.05, 0) is 60.3 Å². The normalized spacial score (nSPS) is 18.4. The Bertz CT molecular complexity index is 1140. The van der Waals surface area contributed by atoms with Gasteiger partial charge in [-0.1, -0.05) is 23.7 Å². The van der Waals surface area contributed by atoms with Crippen LogP contribution in [0.4, 0.5) is 5.69 Å². The highest BCUT2D eigenvalue weighted by Crippen LogP contribution is 2.46. The number of anilines is 1. The summed E-state index contributed by atoms with van der Waals surface area (Å²) in [7, 11) is 0. The predicted octanol–water partition coefficient (Wildman–Crippen LogP) is 5.04. The number of aliphatic hydroxyl groups is 1. The van der Waals surface area contributed by atoms with Gasteiger partial charge >= 0.3 is 0 Å². The number of hydrogen-bond acceptors (Lipinski definition) is 5. The molecule has 0 spiro atoms. The SMILES string of the molecule is Cc1ccc(O)c(N2C(=O)C(=O)/C(=C(\O)c3ccc(Cl)cc3)C2c2cccs2)c1. The summed E-state index contributed by atoms with van der Waals surface area (Å²) >= 11 is 7.28. The Morgan fingerprint density at radius 3 is 2.48 bits per heavy atom. The average molecular weight is 426 g/mol. The van der Waals surface area contributed by atoms with Gasteiger partial charge in [0, 0.05) is 15.5 Å². The number of aryl methyl sites for hydroxylation is 1. The molecule has 0 aliphatic carbocycles. The van der Waals surface area contributed by atoms with Crippen LogP contribution in [0.15, 0.2) is 65.6 Å². The van der Waals surface area contributed by atoms with E-state index < -0.39 is 17.7 Å². The van der Waals surface area contributed by atoms with Gasteiger partial charge in [-0.25, -0.2) is 0 Å². The highest BCUT2D eigenvalue weighted by molar-refractivity contribution is 7.10. The lowest BCUT2D eigenvalue weighted by atomic mass is 9.99. The van der Waals surface area contributed by atoms with Gasteiger partial charge in [0.25, 0.3) is 11.7 Å². The maximum Gasteiger partial charge on any atom is 0.300 e. The number of benzene rings is 2. The molecule has 2 N–H and O–H groups in total. The minimum Gasteiger partial charge on any atom is -0.507 e. The smallest absolute Gasteiger partial charge is 0.300 e. The standard InChI is InChI=1S/C22H16ClNO4S/c1-12-4-9-16(25)15(11-12)24-19(17-3-2-10-29-17)18(21(27)22(24)28)20(26)13-5-7-14(23)8-6-13/h2-11,19,25-26H,1H3/b20-18-. The van der Waals surface area contributed by atoms with Crippen LogP contribution in [-0.4, -0.2) is 21.9 Å². The summed E-state index contributed by atoms with van der Waals surface area (Å²) in [5, 5.41) is 23.6. The van der Waals surface area contributed by atoms with Crippen LogP contribution in [0, 0.1) is 6.92 Å². The topological polar surface area (TPSA) is 77.8 Å². The maximum absolute atomic E-state index is 13.0. The van der Waals surface area contributed by atoms with Crippen LogP contribution >= 0.6 is 22.9 Å². The number of phenolic OH excluding ortho intramolecular Hbond substituents is 1. The van der Waals surface area contributed by atoms with Gasteiger partial charge in [0.2, 0.25) is 0 Å². The Kier molecular flexibility index (Phi) is 4.90. The van der Waals surface area contributed by atoms with Crippen molar-refractivity contribution in [2.45, 2.75) is 13.0 Å². The first-order valence-corrected chi connectivity index (χ1v) is 10.0. The molecule has 0 bridgehead atoms. The lowest BCUT2D eigenvalue weighted by Crippen LogP contribution is -2.29. The molecule has 1 aliphatic rings. The van der Waals surface area contributed by atoms with Crippen molar-refractivity contribution in [1.82, 2.24) is 0 Å². The van der Waals surface area contributed by atoms with Crippen LogP contribution in [0.3, 0.4) is 0 Å². The number of halogens is 1. The zero-order valence-corrected chi connectivity index (χ0v) is 16.9. The second-order valence-electron chi connectivity index (χ2n) is 6.68. The van der Waals surface area contributed by atoms with Gasteiger partial charge in [-0.3, -0.25) is 14.5 Å². The van der Waals surface area contributed by atoms with Gasteiger partial charge < -0.3 is 10.2 Å². The van der Waals surface area contributed by atoms with Crippen LogP contribution < -0.4 is 4.90 Å². The van der Waals surface area contributed by atoms with Gasteiger partial charge in [-0.15, -0.1) is 11.3 Å². The fraction of sp³-hybridized carbons (Fsp3) is 0.0909. The van der Waals surface area contributed by atoms with E-state index in [1.54, 1.807) is 48.5 Å². The molecular formula is C22H16ClNO4S. The van der Waals surface area contributed by atoms with Crippen LogP contribution in [-0.2, 0) is 9.59 Å². The summed E-state index contributed by atoms with van der Waals surface area (Å²) in [5.41, 5.74) is 1.39. The average Bonchev–Trinajstić information content (AvgIpc) is 3.31. The zero-order valence-electron chi connectivity index (χ0n) is 15.3. The summed E-state index contributed by atoms with van der Waals surface area (Å²) in [6.45, 7) is 1.83. The molecule has 2 heterocycles. The van der Waals surface area contributed by atoms with Gasteiger partial charge in [0.15, 0.2) is 0 Å². The Balaban J connectivity index is 1.95. The second-order valence-corrected chi connectivity index (χ2v) is 8.10. The van der Waals surface area contributed by atoms with E-state index in [0.717, 1.165) is 5.56 Å². The number of ketones is 1. The Hall–Kier alpha value is -3.09. The van der Waals surface area contributed by atoms with Gasteiger partial charge in [0.1, 0.15) is 17.6 Å². The quantitative estimate of drug-likeness (QED) is 0.350. The van der Waals surface area contributed by atoms with E-state index in [1.165, 1.54) is 22.3 Å². The number of carbonyl (C=O) groups is 2. The van der Waals surface area contributed by atoms with Crippen LogP contribution in [0.2, 0.25) is 5.02 Å². The number of aliphatic hydroxyl groups excluding tert-OH is 1. The number of nitrogens with zero attached hydrogens (tertiary/aromatic N) is 1. The van der Waals surface area contributed by atoms with Crippen LogP contribution in [0.5, 0.6) is 5.75 Å². The molecule has 29 heavy (non-hydrogen) atoms. The fourth-order valence-corrected chi connectivity index (χ4v) is 4.34. The first kappa shape index (κ1) is 19.2. The van der Waals surface area contributed by atoms with Crippen molar-refractivity contribution in [2.75, 3.05) is 4.90 Å². The van der Waals surface area contributed by atoms with Crippen molar-refractivity contribution in [2.24, 2.45) is 0 Å². The van der Waals surface area contributed by atoms with E-state index in [9.17, 15) is 19.8 Å². The summed E-state index contributed by atoms with van der Waals surface area (Å²) in [5.74, 6) is -2.02. The van der Waals surface area contributed by atoms with Crippen LogP contribution in [0.25, 0.3) is 5.76 Å². The van der Waals surface area contributed by atoms with Crippen molar-refractivity contribution >= 4 is 46.1 Å². The highest BCUT2D eigenvalue weighted by atomic mass is 35.5. The van der Waals surface area contributed by atoms with E-state index in [1.807, 2.05) is 12.3 Å². The molecule has 3 aromatic rings. The molecule has 0 saturated carbocycles. The number of rotatable bonds is 3. The Labute approximate surface area is 176 Å². The number of hydrogen-bond donors (Lipinski definition) is 2. The zero-order chi connectivity index (χ0) is 20.7. The fourth-order valence-electron chi connectivity index (χ4n) is 3.39. The van der Waals surface area contributed by atoms with E-state index >= 15 is 0 Å². The molecule has 7 heteroatoms. The summed E-state index contributed by atoms with van der Waals surface area (Å²) in [6.07, 6.45) is 0. The third kappa shape index (κ3) is 3.30. The van der Waals surface area contributed by atoms with Crippen molar-refractivity contribution in [1.29, 1.82) is 0 Å². The molecule has 1 unspecified atom stereocenters. The summed E-state index contributed by atoms with van der Waals surface area (Å²) in [4.78, 5) is 27.9. The lowest BCUT2D eigenvalue weighted by molar-refractivity contribution is -0.132. The molecular weight excluding hydrogens is 410 g/mol. The van der Waals surface area contributed by atoms with E-state index in [0.29, 0.717) is 15.5 Å². The monoisotopic (exact) mass is 425 g/mol. The number of Topliss-reactive ketones (excluding diaryl/α,β-unsaturated/α-hetero) is 1. The van der Waals surface area contributed by atoms with Gasteiger partial charge in [0.05, 0.1) is 11.3 Å². The molecule has 5 nitrogen and oxygen atoms in total. The van der Waals surface area contributed by atoms with Crippen molar-refractivity contribution in [3.8, 4) is 5.75 Å². The predicted molar refractivity (Wildman–Crippen MR) is 113 cm³/mol. The molecule has 146 valence electrons. The molecule has 4 rings (SSSR count). The minimum absolute atomic E-state index is 0.0271. The van der Waals surface area contributed by atoms with Gasteiger partial charge in [-0.2, -0.15) is 0 Å². The van der Waals surface area contributed by atoms with Crippen molar-refractivity contribution < 1.29 is 19.8 Å². The largest absolute Gasteiger partial charge is 0.507 e. The number of amides is 1. The minimum atomic E-state index is -0.849. The van der Waals surface area contributed by atoms with E-state index in [4.69, 9.17) is 11.6 Å². The molecule has 1 amide bonds. The van der Waals surface area contributed by atoms with Crippen molar-refractivity contribution in [3.05, 3.63) is 86.6 Å². The van der Waals surface area contributed by atoms with E-state index in [-0.39, 0.29) is 22.8 Å². The third-order valence-electron chi connectivity index (χ3n) is 4.77. The van der Waals surface area contributed by atoms with Crippen molar-refractivity contribution in [3.63, 3.8) is 0 Å². The van der Waals surface area contributed by atoms with E-state index in [2.05, 4.69) is 0 Å². The summed E-state index contributed by atoms with van der Waals surface area (Å²) in [6, 6.07) is 13.9. The Morgan fingerprint density at radius 2 is 1.83 bits per heavy atom. The number of thiophene rings is 1. The number of phenols is 1. The Morgan fingerprint density at radius 1 is 1.10 bits per heavy atom. The number of carbonyl (C=O) groups excluding carboxylic acids is 2. The molecule has 1 aromatic heterocycles. The number of aromatic hydroxyl groups is 1. The van der Waals surface area contributed by atoms with Crippen LogP contribution in [0.1, 0.15) is 22.0 Å².